The number of anilines is 2. The number of hydrogen-bond acceptors (Lipinski definition) is 6. The highest BCUT2D eigenvalue weighted by atomic mass is 32.2. The molecule has 2 rings (SSSR count). The van der Waals surface area contributed by atoms with E-state index >= 15 is 0 Å². The predicted molar refractivity (Wildman–Crippen MR) is 116 cm³/mol. The molecule has 0 bridgehead atoms. The molecule has 8 nitrogen and oxygen atoms in total. The van der Waals surface area contributed by atoms with Crippen LogP contribution in [0.15, 0.2) is 46.4 Å². The van der Waals surface area contributed by atoms with Crippen molar-refractivity contribution in [2.75, 3.05) is 10.1 Å². The first-order valence-corrected chi connectivity index (χ1v) is 10.8. The molecule has 0 saturated heterocycles. The Bertz CT molecular complexity index is 1020. The van der Waals surface area contributed by atoms with Crippen molar-refractivity contribution in [3.63, 3.8) is 0 Å². The zero-order chi connectivity index (χ0) is 21.6. The van der Waals surface area contributed by atoms with Gasteiger partial charge in [-0.3, -0.25) is 20.3 Å². The fraction of sp³-hybridized carbons (Fsp3) is 0.350. The summed E-state index contributed by atoms with van der Waals surface area (Å²) in [7, 11) is -3.98. The molecule has 2 aromatic carbocycles. The third-order valence-electron chi connectivity index (χ3n) is 4.62. The Balaban J connectivity index is 2.31. The summed E-state index contributed by atoms with van der Waals surface area (Å²) in [5.74, 6) is 0.267. The molecule has 0 unspecified atom stereocenters. The second kappa shape index (κ2) is 9.51. The zero-order valence-corrected chi connectivity index (χ0v) is 17.8. The van der Waals surface area contributed by atoms with Gasteiger partial charge in [-0.1, -0.05) is 31.5 Å². The molecule has 0 aliphatic rings. The Morgan fingerprint density at radius 2 is 1.76 bits per heavy atom. The number of nitrogens with zero attached hydrogens (tertiary/aromatic N) is 2. The molecule has 0 spiro atoms. The van der Waals surface area contributed by atoms with Crippen LogP contribution in [-0.4, -0.2) is 19.6 Å². The molecule has 0 aromatic heterocycles. The molecule has 2 N–H and O–H groups in total. The van der Waals surface area contributed by atoms with Gasteiger partial charge in [-0.2, -0.15) is 5.10 Å². The molecular weight excluding hydrogens is 392 g/mol. The van der Waals surface area contributed by atoms with E-state index in [0.717, 1.165) is 30.0 Å². The van der Waals surface area contributed by atoms with Crippen LogP contribution in [0.1, 0.15) is 37.8 Å². The minimum atomic E-state index is -3.98. The van der Waals surface area contributed by atoms with Gasteiger partial charge in [-0.15, -0.1) is 0 Å². The fourth-order valence-corrected chi connectivity index (χ4v) is 3.92. The van der Waals surface area contributed by atoms with E-state index in [1.54, 1.807) is 25.3 Å². The van der Waals surface area contributed by atoms with E-state index in [-0.39, 0.29) is 22.2 Å². The van der Waals surface area contributed by atoms with Crippen LogP contribution in [0.25, 0.3) is 0 Å². The van der Waals surface area contributed by atoms with Crippen molar-refractivity contribution in [1.29, 1.82) is 0 Å². The minimum Gasteiger partial charge on any atom is -0.279 e. The van der Waals surface area contributed by atoms with Crippen LogP contribution in [-0.2, 0) is 10.0 Å². The molecule has 0 fully saturated rings. The monoisotopic (exact) mass is 418 g/mol. The van der Waals surface area contributed by atoms with Crippen molar-refractivity contribution < 1.29 is 13.3 Å². The summed E-state index contributed by atoms with van der Waals surface area (Å²) < 4.78 is 27.9. The number of hydrazone groups is 1. The lowest BCUT2D eigenvalue weighted by molar-refractivity contribution is -0.384. The van der Waals surface area contributed by atoms with Crippen LogP contribution in [0.5, 0.6) is 0 Å². The molecule has 29 heavy (non-hydrogen) atoms. The van der Waals surface area contributed by atoms with Gasteiger partial charge in [0, 0.05) is 12.3 Å². The van der Waals surface area contributed by atoms with Crippen LogP contribution < -0.4 is 10.1 Å². The highest BCUT2D eigenvalue weighted by Gasteiger charge is 2.22. The van der Waals surface area contributed by atoms with E-state index < -0.39 is 14.9 Å². The lowest BCUT2D eigenvalue weighted by Crippen LogP contribution is -2.14. The van der Waals surface area contributed by atoms with Gasteiger partial charge in [-0.25, -0.2) is 8.42 Å². The smallest absolute Gasteiger partial charge is 0.279 e. The highest BCUT2D eigenvalue weighted by Crippen LogP contribution is 2.29. The number of nitro benzene ring substituents is 1. The average Bonchev–Trinajstić information content (AvgIpc) is 2.67. The molecule has 0 radical (unpaired) electrons. The summed E-state index contributed by atoms with van der Waals surface area (Å²) in [5, 5.41) is 15.5. The Hall–Kier alpha value is -2.94. The van der Waals surface area contributed by atoms with E-state index in [1.165, 1.54) is 12.1 Å². The van der Waals surface area contributed by atoms with Gasteiger partial charge in [0.15, 0.2) is 0 Å². The van der Waals surface area contributed by atoms with Crippen molar-refractivity contribution in [2.24, 2.45) is 11.0 Å². The van der Waals surface area contributed by atoms with Gasteiger partial charge < -0.3 is 0 Å². The summed E-state index contributed by atoms with van der Waals surface area (Å²) in [5.41, 5.74) is 4.60. The first-order chi connectivity index (χ1) is 13.7. The normalized spacial score (nSPS) is 11.8. The first-order valence-electron chi connectivity index (χ1n) is 9.35. The van der Waals surface area contributed by atoms with Crippen LogP contribution in [0, 0.1) is 29.9 Å². The molecular formula is C20H26N4O4S. The van der Waals surface area contributed by atoms with Crippen LogP contribution in [0.2, 0.25) is 0 Å². The number of nitrogens with one attached hydrogen (secondary N) is 2. The maximum atomic E-state index is 12.7. The lowest BCUT2D eigenvalue weighted by atomic mass is 10.1. The Kier molecular flexibility index (Phi) is 7.33. The lowest BCUT2D eigenvalue weighted by Gasteiger charge is -2.12. The van der Waals surface area contributed by atoms with Crippen molar-refractivity contribution in [2.45, 2.75) is 45.4 Å². The van der Waals surface area contributed by atoms with Gasteiger partial charge >= 0.3 is 0 Å². The van der Waals surface area contributed by atoms with Crippen LogP contribution in [0.3, 0.4) is 0 Å². The molecule has 0 saturated carbocycles. The number of hydrogen-bond donors (Lipinski definition) is 2. The second-order valence-electron chi connectivity index (χ2n) is 6.83. The third-order valence-corrected chi connectivity index (χ3v) is 5.98. The number of aryl methyl sites for hydroxylation is 2. The first kappa shape index (κ1) is 22.4. The third kappa shape index (κ3) is 5.77. The van der Waals surface area contributed by atoms with Gasteiger partial charge in [0.25, 0.3) is 15.7 Å². The van der Waals surface area contributed by atoms with E-state index in [2.05, 4.69) is 15.2 Å². The van der Waals surface area contributed by atoms with Gasteiger partial charge in [0.1, 0.15) is 5.69 Å². The summed E-state index contributed by atoms with van der Waals surface area (Å²) in [6.07, 6.45) is 3.52. The molecule has 156 valence electrons. The summed E-state index contributed by atoms with van der Waals surface area (Å²) in [4.78, 5) is 10.6. The van der Waals surface area contributed by atoms with Crippen molar-refractivity contribution in [3.8, 4) is 0 Å². The topological polar surface area (TPSA) is 114 Å². The number of rotatable bonds is 9. The van der Waals surface area contributed by atoms with E-state index in [0.29, 0.717) is 5.69 Å². The molecule has 0 atom stereocenters. The van der Waals surface area contributed by atoms with E-state index in [9.17, 15) is 18.5 Å². The summed E-state index contributed by atoms with van der Waals surface area (Å²) >= 11 is 0. The van der Waals surface area contributed by atoms with Gasteiger partial charge in [0.2, 0.25) is 0 Å². The van der Waals surface area contributed by atoms with E-state index in [4.69, 9.17) is 0 Å². The van der Waals surface area contributed by atoms with Crippen LogP contribution >= 0.6 is 0 Å². The van der Waals surface area contributed by atoms with Gasteiger partial charge in [0.05, 0.1) is 15.5 Å². The summed E-state index contributed by atoms with van der Waals surface area (Å²) in [6, 6.07) is 9.00. The SMILES string of the molecule is CCC(/C=N/Nc1ccc(S(=O)(=O)Nc2ccc(C)cc2C)cc1[N+](=O)[O-])CC. The predicted octanol–water partition coefficient (Wildman–Crippen LogP) is 4.85. The van der Waals surface area contributed by atoms with Crippen molar-refractivity contribution in [1.82, 2.24) is 0 Å². The van der Waals surface area contributed by atoms with E-state index in [1.807, 2.05) is 26.8 Å². The molecule has 0 heterocycles. The van der Waals surface area contributed by atoms with Crippen molar-refractivity contribution >= 4 is 33.3 Å². The standard InChI is InChI=1S/C20H26N4O4S/c1-5-16(6-2)13-21-22-19-10-8-17(12-20(19)24(25)26)29(27,28)23-18-9-7-14(3)11-15(18)4/h7-13,16,22-23H,5-6H2,1-4H3/b21-13+. The number of nitro groups is 1. The Morgan fingerprint density at radius 1 is 1.10 bits per heavy atom. The van der Waals surface area contributed by atoms with Gasteiger partial charge in [-0.05, 0) is 56.4 Å². The molecule has 9 heteroatoms. The Labute approximate surface area is 171 Å². The minimum absolute atomic E-state index is 0.127. The largest absolute Gasteiger partial charge is 0.295 e. The molecule has 0 aliphatic carbocycles. The number of benzene rings is 2. The molecule has 0 amide bonds. The molecule has 2 aromatic rings. The molecule has 0 aliphatic heterocycles. The quantitative estimate of drug-likeness (QED) is 0.343. The van der Waals surface area contributed by atoms with Crippen LogP contribution in [0.4, 0.5) is 17.1 Å². The average molecular weight is 419 g/mol. The second-order valence-corrected chi connectivity index (χ2v) is 8.51. The summed E-state index contributed by atoms with van der Waals surface area (Å²) in [6.45, 7) is 7.76. The fourth-order valence-electron chi connectivity index (χ4n) is 2.77. The Morgan fingerprint density at radius 3 is 2.34 bits per heavy atom. The maximum absolute atomic E-state index is 12.7. The van der Waals surface area contributed by atoms with Crippen molar-refractivity contribution in [3.05, 3.63) is 57.6 Å². The highest BCUT2D eigenvalue weighted by molar-refractivity contribution is 7.92. The zero-order valence-electron chi connectivity index (χ0n) is 17.0. The maximum Gasteiger partial charge on any atom is 0.295 e. The number of sulfonamides is 1.